The quantitative estimate of drug-likeness (QED) is 0.274. The number of likely N-dealkylation sites (tertiary alicyclic amines) is 1. The van der Waals surface area contributed by atoms with Gasteiger partial charge in [-0.05, 0) is 54.8 Å². The van der Waals surface area contributed by atoms with Gasteiger partial charge in [-0.3, -0.25) is 33.8 Å². The number of carbonyl (C=O) groups excluding carboxylic acids is 6. The molecular formula is C35H52N6O6. The minimum Gasteiger partial charge on any atom is -0.347 e. The zero-order valence-electron chi connectivity index (χ0n) is 28.9. The number of hydrogen-bond acceptors (Lipinski definition) is 8. The number of fused-ring (bicyclic) bond motifs is 1. The van der Waals surface area contributed by atoms with Crippen LogP contribution in [0.4, 0.5) is 0 Å². The molecule has 1 aromatic rings. The van der Waals surface area contributed by atoms with Gasteiger partial charge in [-0.25, -0.2) is 4.98 Å². The van der Waals surface area contributed by atoms with E-state index in [0.29, 0.717) is 19.4 Å². The Kier molecular flexibility index (Phi) is 11.2. The number of amides is 4. The van der Waals surface area contributed by atoms with E-state index in [0.717, 1.165) is 32.1 Å². The summed E-state index contributed by atoms with van der Waals surface area (Å²) in [6.07, 6.45) is 9.24. The summed E-state index contributed by atoms with van der Waals surface area (Å²) in [7, 11) is 0. The fraction of sp³-hybridized carbons (Fsp3) is 0.714. The van der Waals surface area contributed by atoms with Crippen LogP contribution in [0, 0.1) is 28.6 Å². The number of nitrogens with one attached hydrogen (secondary N) is 3. The fourth-order valence-electron chi connectivity index (χ4n) is 7.01. The molecule has 12 heteroatoms. The van der Waals surface area contributed by atoms with Crippen molar-refractivity contribution >= 4 is 35.2 Å². The first-order chi connectivity index (χ1) is 22.0. The van der Waals surface area contributed by atoms with Gasteiger partial charge in [-0.15, -0.1) is 0 Å². The van der Waals surface area contributed by atoms with Gasteiger partial charge in [-0.1, -0.05) is 61.3 Å². The van der Waals surface area contributed by atoms with Gasteiger partial charge >= 0.3 is 0 Å². The molecular weight excluding hydrogens is 600 g/mol. The van der Waals surface area contributed by atoms with E-state index < -0.39 is 58.4 Å². The lowest BCUT2D eigenvalue weighted by atomic mass is 9.73. The number of nitrogens with zero attached hydrogens (tertiary/aromatic N) is 3. The van der Waals surface area contributed by atoms with Crippen LogP contribution in [-0.2, 0) is 24.0 Å². The maximum absolute atomic E-state index is 14.5. The summed E-state index contributed by atoms with van der Waals surface area (Å²) in [6.45, 7) is 13.5. The number of ketones is 2. The first kappa shape index (κ1) is 36.1. The summed E-state index contributed by atoms with van der Waals surface area (Å²) in [4.78, 5) is 90.9. The molecule has 4 rings (SSSR count). The maximum atomic E-state index is 14.5. The van der Waals surface area contributed by atoms with Gasteiger partial charge in [0, 0.05) is 37.3 Å². The average Bonchev–Trinajstić information content (AvgIpc) is 3.57. The molecule has 2 saturated carbocycles. The van der Waals surface area contributed by atoms with Crippen LogP contribution in [0.1, 0.15) is 110 Å². The molecule has 1 aliphatic heterocycles. The molecule has 3 fully saturated rings. The van der Waals surface area contributed by atoms with Crippen LogP contribution in [0.5, 0.6) is 0 Å². The SMILES string of the molecule is CCCC(NC(=O)[C@@H]1[C@H]2CCC[C@H]2CN1C(=O)[C@@H](CC(=O)[C@@H](NC(=O)c1cnccn1)C(C)(C)C)C(C)(C)C)C(=O)C(=O)NC1CC1. The molecule has 12 nitrogen and oxygen atoms in total. The smallest absolute Gasteiger partial charge is 0.289 e. The van der Waals surface area contributed by atoms with Crippen molar-refractivity contribution < 1.29 is 28.8 Å². The molecule has 258 valence electrons. The third-order valence-corrected chi connectivity index (χ3v) is 9.80. The molecule has 0 spiro atoms. The van der Waals surface area contributed by atoms with Gasteiger partial charge < -0.3 is 20.9 Å². The van der Waals surface area contributed by atoms with E-state index in [-0.39, 0.29) is 41.7 Å². The zero-order chi connectivity index (χ0) is 34.7. The van der Waals surface area contributed by atoms with Crippen LogP contribution in [-0.4, -0.2) is 80.8 Å². The van der Waals surface area contributed by atoms with Crippen LogP contribution >= 0.6 is 0 Å². The van der Waals surface area contributed by atoms with E-state index in [9.17, 15) is 28.8 Å². The summed E-state index contributed by atoms with van der Waals surface area (Å²) >= 11 is 0. The van der Waals surface area contributed by atoms with Crippen LogP contribution in [0.3, 0.4) is 0 Å². The standard InChI is InChI=1S/C35H52N6O6/c1-8-10-24(28(43)32(46)38-21-13-14-21)39-31(45)27-22-12-9-11-20(22)19-41(27)33(47)23(34(2,3)4)17-26(42)29(35(5,6)7)40-30(44)25-18-36-15-16-37-25/h15-16,18,20-24,27,29H,8-14,17,19H2,1-7H3,(H,38,46)(H,39,45)(H,40,44)/t20-,22-,23+,24?,27-,29+/m0/s1. The van der Waals surface area contributed by atoms with Crippen LogP contribution in [0.25, 0.3) is 0 Å². The van der Waals surface area contributed by atoms with Crippen molar-refractivity contribution in [3.05, 3.63) is 24.3 Å². The van der Waals surface area contributed by atoms with Crippen molar-refractivity contribution in [2.24, 2.45) is 28.6 Å². The monoisotopic (exact) mass is 652 g/mol. The van der Waals surface area contributed by atoms with Gasteiger partial charge in [0.25, 0.3) is 11.8 Å². The van der Waals surface area contributed by atoms with Crippen LogP contribution in [0.2, 0.25) is 0 Å². The van der Waals surface area contributed by atoms with E-state index in [1.807, 2.05) is 48.5 Å². The molecule has 47 heavy (non-hydrogen) atoms. The maximum Gasteiger partial charge on any atom is 0.289 e. The molecule has 0 bridgehead atoms. The largest absolute Gasteiger partial charge is 0.347 e. The lowest BCUT2D eigenvalue weighted by Crippen LogP contribution is -2.56. The van der Waals surface area contributed by atoms with Crippen LogP contribution < -0.4 is 16.0 Å². The topological polar surface area (TPSA) is 168 Å². The normalized spacial score (nSPS) is 22.9. The van der Waals surface area contributed by atoms with E-state index in [1.165, 1.54) is 18.6 Å². The Morgan fingerprint density at radius 1 is 0.936 bits per heavy atom. The Labute approximate surface area is 278 Å². The van der Waals surface area contributed by atoms with Crippen LogP contribution in [0.15, 0.2) is 18.6 Å². The Hall–Kier alpha value is -3.70. The summed E-state index contributed by atoms with van der Waals surface area (Å²) in [5, 5.41) is 8.40. The second-order valence-corrected chi connectivity index (χ2v) is 15.7. The van der Waals surface area contributed by atoms with Crippen molar-refractivity contribution in [1.29, 1.82) is 0 Å². The lowest BCUT2D eigenvalue weighted by molar-refractivity contribution is -0.148. The highest BCUT2D eigenvalue weighted by Crippen LogP contribution is 2.44. The molecule has 2 heterocycles. The fourth-order valence-corrected chi connectivity index (χ4v) is 7.01. The number of carbonyl (C=O) groups is 6. The van der Waals surface area contributed by atoms with Crippen molar-refractivity contribution in [1.82, 2.24) is 30.8 Å². The molecule has 1 saturated heterocycles. The van der Waals surface area contributed by atoms with Gasteiger partial charge in [0.15, 0.2) is 5.78 Å². The van der Waals surface area contributed by atoms with Gasteiger partial charge in [0.2, 0.25) is 17.6 Å². The predicted molar refractivity (Wildman–Crippen MR) is 175 cm³/mol. The highest BCUT2D eigenvalue weighted by atomic mass is 16.2. The minimum absolute atomic E-state index is 0.0156. The number of Topliss-reactive ketones (excluding diaryl/α,β-unsaturated/α-hetero) is 2. The molecule has 3 N–H and O–H groups in total. The van der Waals surface area contributed by atoms with E-state index in [4.69, 9.17) is 0 Å². The number of hydrogen-bond donors (Lipinski definition) is 3. The molecule has 0 aromatic carbocycles. The van der Waals surface area contributed by atoms with Gasteiger partial charge in [0.05, 0.1) is 18.3 Å². The highest BCUT2D eigenvalue weighted by Gasteiger charge is 2.52. The molecule has 6 atom stereocenters. The van der Waals surface area contributed by atoms with E-state index >= 15 is 0 Å². The summed E-state index contributed by atoms with van der Waals surface area (Å²) < 4.78 is 0. The lowest BCUT2D eigenvalue weighted by Gasteiger charge is -2.38. The van der Waals surface area contributed by atoms with Crippen molar-refractivity contribution in [3.63, 3.8) is 0 Å². The first-order valence-electron chi connectivity index (χ1n) is 17.1. The van der Waals surface area contributed by atoms with Gasteiger partial charge in [-0.2, -0.15) is 0 Å². The van der Waals surface area contributed by atoms with E-state index in [1.54, 1.807) is 4.90 Å². The molecule has 3 aliphatic rings. The third-order valence-electron chi connectivity index (χ3n) is 9.80. The Balaban J connectivity index is 1.55. The Morgan fingerprint density at radius 2 is 1.64 bits per heavy atom. The van der Waals surface area contributed by atoms with Gasteiger partial charge in [0.1, 0.15) is 11.7 Å². The second-order valence-electron chi connectivity index (χ2n) is 15.7. The minimum atomic E-state index is -0.978. The molecule has 4 amide bonds. The summed E-state index contributed by atoms with van der Waals surface area (Å²) in [6, 6.07) is -2.67. The molecule has 1 unspecified atom stereocenters. The predicted octanol–water partition coefficient (Wildman–Crippen LogP) is 3.00. The third kappa shape index (κ3) is 8.81. The number of rotatable bonds is 13. The van der Waals surface area contributed by atoms with Crippen molar-refractivity contribution in [2.45, 2.75) is 124 Å². The molecule has 1 aromatic heterocycles. The molecule has 2 aliphatic carbocycles. The number of aromatic nitrogens is 2. The Morgan fingerprint density at radius 3 is 2.21 bits per heavy atom. The summed E-state index contributed by atoms with van der Waals surface area (Å²) in [5.74, 6) is -3.61. The first-order valence-corrected chi connectivity index (χ1v) is 17.1. The van der Waals surface area contributed by atoms with E-state index in [2.05, 4.69) is 25.9 Å². The second kappa shape index (κ2) is 14.6. The highest BCUT2D eigenvalue weighted by molar-refractivity contribution is 6.38. The van der Waals surface area contributed by atoms with Crippen molar-refractivity contribution in [3.8, 4) is 0 Å². The van der Waals surface area contributed by atoms with Crippen molar-refractivity contribution in [2.75, 3.05) is 6.54 Å². The Bertz CT molecular complexity index is 1350. The summed E-state index contributed by atoms with van der Waals surface area (Å²) in [5.41, 5.74) is -1.23. The molecule has 0 radical (unpaired) electrons. The zero-order valence-corrected chi connectivity index (χ0v) is 28.9. The average molecular weight is 653 g/mol.